The Morgan fingerprint density at radius 1 is 1.38 bits per heavy atom. The fourth-order valence-electron chi connectivity index (χ4n) is 1.18. The van der Waals surface area contributed by atoms with Gasteiger partial charge >= 0.3 is 11.9 Å². The zero-order valence-electron chi connectivity index (χ0n) is 7.71. The van der Waals surface area contributed by atoms with Gasteiger partial charge < -0.3 is 5.73 Å². The van der Waals surface area contributed by atoms with Crippen LogP contribution < -0.4 is 5.73 Å². The molecular formula is C8H6F4N2O2. The molecule has 1 aromatic carbocycles. The highest BCUT2D eigenvalue weighted by atomic mass is 19.4. The van der Waals surface area contributed by atoms with Gasteiger partial charge in [-0.2, -0.15) is 17.6 Å². The first-order valence-corrected chi connectivity index (χ1v) is 4.01. The Morgan fingerprint density at radius 2 is 1.94 bits per heavy atom. The molecule has 8 heteroatoms. The zero-order chi connectivity index (χ0) is 12.5. The third-order valence-corrected chi connectivity index (χ3v) is 1.89. The highest BCUT2D eigenvalue weighted by Gasteiger charge is 2.36. The van der Waals surface area contributed by atoms with E-state index >= 15 is 0 Å². The van der Waals surface area contributed by atoms with Gasteiger partial charge in [-0.05, 0) is 11.6 Å². The van der Waals surface area contributed by atoms with Gasteiger partial charge in [-0.25, -0.2) is 0 Å². The van der Waals surface area contributed by atoms with E-state index in [0.717, 1.165) is 0 Å². The monoisotopic (exact) mass is 238 g/mol. The van der Waals surface area contributed by atoms with Gasteiger partial charge in [-0.1, -0.05) is 0 Å². The molecule has 0 fully saturated rings. The third-order valence-electron chi connectivity index (χ3n) is 1.89. The van der Waals surface area contributed by atoms with E-state index < -0.39 is 40.3 Å². The number of nitro groups is 1. The summed E-state index contributed by atoms with van der Waals surface area (Å²) in [6.45, 7) is -0.552. The normalized spacial score (nSPS) is 11.6. The maximum absolute atomic E-state index is 13.0. The van der Waals surface area contributed by atoms with Gasteiger partial charge in [0.05, 0.1) is 10.5 Å². The second-order valence-electron chi connectivity index (χ2n) is 2.92. The molecule has 0 unspecified atom stereocenters. The lowest BCUT2D eigenvalue weighted by Gasteiger charge is -2.11. The van der Waals surface area contributed by atoms with Crippen molar-refractivity contribution in [2.45, 2.75) is 12.7 Å². The summed E-state index contributed by atoms with van der Waals surface area (Å²) in [6.07, 6.45) is -4.80. The first-order chi connectivity index (χ1) is 7.27. The number of nitrogens with two attached hydrogens (primary N) is 1. The Bertz CT molecular complexity index is 431. The maximum Gasteiger partial charge on any atom is 0.416 e. The number of hydrogen-bond acceptors (Lipinski definition) is 3. The molecule has 1 aromatic rings. The van der Waals surface area contributed by atoms with Gasteiger partial charge in [-0.3, -0.25) is 10.1 Å². The summed E-state index contributed by atoms with van der Waals surface area (Å²) in [4.78, 5) is 9.05. The van der Waals surface area contributed by atoms with Crippen LogP contribution in [-0.2, 0) is 12.7 Å². The standard InChI is InChI=1S/C8H6F4N2O2/c9-6-1-4(3-13)5(8(10,11)12)2-7(6)14(15)16/h1-2H,3,13H2. The minimum Gasteiger partial charge on any atom is -0.326 e. The van der Waals surface area contributed by atoms with Crippen molar-refractivity contribution in [1.29, 1.82) is 0 Å². The van der Waals surface area contributed by atoms with Crippen LogP contribution in [0, 0.1) is 15.9 Å². The molecular weight excluding hydrogens is 232 g/mol. The number of nitrogens with zero attached hydrogens (tertiary/aromatic N) is 1. The van der Waals surface area contributed by atoms with Gasteiger partial charge in [-0.15, -0.1) is 0 Å². The number of halogens is 4. The lowest BCUT2D eigenvalue weighted by atomic mass is 10.1. The summed E-state index contributed by atoms with van der Waals surface area (Å²) in [5.74, 6) is -1.33. The quantitative estimate of drug-likeness (QED) is 0.487. The molecule has 0 spiro atoms. The van der Waals surface area contributed by atoms with Crippen molar-refractivity contribution in [2.24, 2.45) is 5.73 Å². The van der Waals surface area contributed by atoms with Crippen LogP contribution >= 0.6 is 0 Å². The minimum atomic E-state index is -4.80. The molecule has 88 valence electrons. The molecule has 0 aliphatic heterocycles. The van der Waals surface area contributed by atoms with Crippen LogP contribution in [0.5, 0.6) is 0 Å². The molecule has 0 saturated carbocycles. The van der Waals surface area contributed by atoms with Crippen molar-refractivity contribution >= 4 is 5.69 Å². The first-order valence-electron chi connectivity index (χ1n) is 4.01. The lowest BCUT2D eigenvalue weighted by molar-refractivity contribution is -0.387. The molecule has 0 atom stereocenters. The van der Waals surface area contributed by atoms with Crippen LogP contribution in [0.2, 0.25) is 0 Å². The molecule has 0 bridgehead atoms. The van der Waals surface area contributed by atoms with Crippen LogP contribution in [-0.4, -0.2) is 4.92 Å². The Labute approximate surface area is 86.8 Å². The lowest BCUT2D eigenvalue weighted by Crippen LogP contribution is -2.13. The van der Waals surface area contributed by atoms with Crippen molar-refractivity contribution in [2.75, 3.05) is 0 Å². The van der Waals surface area contributed by atoms with E-state index in [1.165, 1.54) is 0 Å². The third kappa shape index (κ3) is 2.27. The fraction of sp³-hybridized carbons (Fsp3) is 0.250. The van der Waals surface area contributed by atoms with E-state index in [4.69, 9.17) is 5.73 Å². The van der Waals surface area contributed by atoms with E-state index in [-0.39, 0.29) is 6.07 Å². The highest BCUT2D eigenvalue weighted by molar-refractivity contribution is 5.42. The van der Waals surface area contributed by atoms with E-state index in [2.05, 4.69) is 0 Å². The van der Waals surface area contributed by atoms with Crippen LogP contribution in [0.4, 0.5) is 23.2 Å². The van der Waals surface area contributed by atoms with Gasteiger partial charge in [0.15, 0.2) is 0 Å². The van der Waals surface area contributed by atoms with Crippen LogP contribution in [0.25, 0.3) is 0 Å². The SMILES string of the molecule is NCc1cc(F)c([N+](=O)[O-])cc1C(F)(F)F. The van der Waals surface area contributed by atoms with E-state index in [0.29, 0.717) is 6.07 Å². The Balaban J connectivity index is 3.47. The minimum absolute atomic E-state index is 0.150. The van der Waals surface area contributed by atoms with Crippen molar-refractivity contribution in [1.82, 2.24) is 0 Å². The largest absolute Gasteiger partial charge is 0.416 e. The van der Waals surface area contributed by atoms with Crippen molar-refractivity contribution in [3.05, 3.63) is 39.2 Å². The number of rotatable bonds is 2. The molecule has 4 nitrogen and oxygen atoms in total. The van der Waals surface area contributed by atoms with Gasteiger partial charge in [0.2, 0.25) is 5.82 Å². The van der Waals surface area contributed by atoms with Gasteiger partial charge in [0.25, 0.3) is 0 Å². The van der Waals surface area contributed by atoms with Crippen LogP contribution in [0.15, 0.2) is 12.1 Å². The molecule has 2 N–H and O–H groups in total. The predicted octanol–water partition coefficient (Wildman–Crippen LogP) is 2.21. The molecule has 0 aliphatic rings. The van der Waals surface area contributed by atoms with E-state index in [1.54, 1.807) is 0 Å². The zero-order valence-corrected chi connectivity index (χ0v) is 7.71. The number of benzene rings is 1. The fourth-order valence-corrected chi connectivity index (χ4v) is 1.18. The molecule has 0 radical (unpaired) electrons. The molecule has 0 amide bonds. The Morgan fingerprint density at radius 3 is 2.31 bits per heavy atom. The summed E-state index contributed by atoms with van der Waals surface area (Å²) in [5.41, 5.74) is 1.98. The Hall–Kier alpha value is -1.70. The van der Waals surface area contributed by atoms with Crippen LogP contribution in [0.3, 0.4) is 0 Å². The topological polar surface area (TPSA) is 69.2 Å². The molecule has 1 rings (SSSR count). The smallest absolute Gasteiger partial charge is 0.326 e. The predicted molar refractivity (Wildman–Crippen MR) is 45.9 cm³/mol. The summed E-state index contributed by atoms with van der Waals surface area (Å²) in [7, 11) is 0. The number of nitro benzene ring substituents is 1. The first kappa shape index (κ1) is 12.4. The molecule has 0 aliphatic carbocycles. The second kappa shape index (κ2) is 4.05. The second-order valence-corrected chi connectivity index (χ2v) is 2.92. The molecule has 16 heavy (non-hydrogen) atoms. The van der Waals surface area contributed by atoms with Crippen molar-refractivity contribution in [3.8, 4) is 0 Å². The molecule has 0 heterocycles. The number of hydrogen-bond donors (Lipinski definition) is 1. The Kier molecular flexibility index (Phi) is 3.13. The van der Waals surface area contributed by atoms with Crippen molar-refractivity contribution in [3.63, 3.8) is 0 Å². The molecule has 0 saturated heterocycles. The summed E-state index contributed by atoms with van der Waals surface area (Å²) in [6, 6.07) is 0.582. The van der Waals surface area contributed by atoms with Gasteiger partial charge in [0, 0.05) is 12.6 Å². The van der Waals surface area contributed by atoms with Gasteiger partial charge in [0.1, 0.15) is 0 Å². The maximum atomic E-state index is 13.0. The van der Waals surface area contributed by atoms with E-state index in [9.17, 15) is 27.7 Å². The number of alkyl halides is 3. The average Bonchev–Trinajstić information content (AvgIpc) is 2.14. The molecule has 0 aromatic heterocycles. The highest BCUT2D eigenvalue weighted by Crippen LogP contribution is 2.35. The summed E-state index contributed by atoms with van der Waals surface area (Å²) in [5, 5.41) is 10.3. The van der Waals surface area contributed by atoms with E-state index in [1.807, 2.05) is 0 Å². The van der Waals surface area contributed by atoms with Crippen molar-refractivity contribution < 1.29 is 22.5 Å². The summed E-state index contributed by atoms with van der Waals surface area (Å²) < 4.78 is 50.2. The summed E-state index contributed by atoms with van der Waals surface area (Å²) >= 11 is 0. The average molecular weight is 238 g/mol. The van der Waals surface area contributed by atoms with Crippen LogP contribution in [0.1, 0.15) is 11.1 Å².